The molecule has 3 N–H and O–H groups in total. The molecule has 0 bridgehead atoms. The van der Waals surface area contributed by atoms with Crippen molar-refractivity contribution in [2.75, 3.05) is 6.54 Å². The van der Waals surface area contributed by atoms with Crippen molar-refractivity contribution in [1.82, 2.24) is 14.9 Å². The van der Waals surface area contributed by atoms with Gasteiger partial charge >= 0.3 is 5.97 Å². The molecule has 0 aromatic carbocycles. The number of carbonyl (C=O) groups is 3. The molecule has 19 heavy (non-hydrogen) atoms. The number of hydrogen-bond acceptors (Lipinski definition) is 5. The minimum Gasteiger partial charge on any atom is -0.476 e. The minimum absolute atomic E-state index is 0.275. The fourth-order valence-electron chi connectivity index (χ4n) is 2.09. The fraction of sp³-hybridized carbons (Fsp3) is 0.364. The molecule has 2 heterocycles. The van der Waals surface area contributed by atoms with Gasteiger partial charge in [-0.2, -0.15) is 0 Å². The average Bonchev–Trinajstić information content (AvgIpc) is 2.87. The molecule has 2 amide bonds. The van der Waals surface area contributed by atoms with Crippen molar-refractivity contribution in [3.8, 4) is 0 Å². The van der Waals surface area contributed by atoms with E-state index in [9.17, 15) is 14.4 Å². The lowest BCUT2D eigenvalue weighted by Gasteiger charge is -2.21. The number of amides is 2. The molecular weight excluding hydrogens is 252 g/mol. The second kappa shape index (κ2) is 5.01. The lowest BCUT2D eigenvalue weighted by Crippen LogP contribution is -2.44. The molecule has 2 rings (SSSR count). The van der Waals surface area contributed by atoms with Crippen LogP contribution in [0.25, 0.3) is 0 Å². The van der Waals surface area contributed by atoms with Gasteiger partial charge in [0.2, 0.25) is 5.91 Å². The summed E-state index contributed by atoms with van der Waals surface area (Å²) in [4.78, 5) is 43.1. The fourth-order valence-corrected chi connectivity index (χ4v) is 2.09. The van der Waals surface area contributed by atoms with Crippen LogP contribution in [-0.2, 0) is 4.79 Å². The summed E-state index contributed by atoms with van der Waals surface area (Å²) in [7, 11) is 0. The molecule has 1 aliphatic heterocycles. The lowest BCUT2D eigenvalue weighted by atomic mass is 10.2. The number of carboxylic acids is 1. The number of nitrogens with two attached hydrogens (primary N) is 1. The number of carboxylic acid groups (broad SMARTS) is 1. The molecule has 1 atom stereocenters. The molecule has 1 aliphatic rings. The van der Waals surface area contributed by atoms with Crippen molar-refractivity contribution in [2.24, 2.45) is 5.73 Å². The third kappa shape index (κ3) is 2.37. The van der Waals surface area contributed by atoms with E-state index in [0.29, 0.717) is 19.4 Å². The second-order valence-corrected chi connectivity index (χ2v) is 4.12. The van der Waals surface area contributed by atoms with Gasteiger partial charge in [0, 0.05) is 18.9 Å². The van der Waals surface area contributed by atoms with Crippen LogP contribution in [0, 0.1) is 0 Å². The highest BCUT2D eigenvalue weighted by Gasteiger charge is 2.35. The van der Waals surface area contributed by atoms with E-state index >= 15 is 0 Å². The molecule has 8 heteroatoms. The summed E-state index contributed by atoms with van der Waals surface area (Å²) < 4.78 is 0. The van der Waals surface area contributed by atoms with Crippen LogP contribution < -0.4 is 5.73 Å². The molecule has 1 fully saturated rings. The Hall–Kier alpha value is -2.51. The molecule has 8 nitrogen and oxygen atoms in total. The van der Waals surface area contributed by atoms with E-state index in [0.717, 1.165) is 0 Å². The highest BCUT2D eigenvalue weighted by Crippen LogP contribution is 2.20. The van der Waals surface area contributed by atoms with E-state index in [1.165, 1.54) is 17.3 Å². The smallest absolute Gasteiger partial charge is 0.356 e. The number of aromatic carboxylic acids is 1. The minimum atomic E-state index is -1.34. The van der Waals surface area contributed by atoms with Crippen LogP contribution in [-0.4, -0.2) is 50.3 Å². The summed E-state index contributed by atoms with van der Waals surface area (Å²) in [6.45, 7) is 0.349. The standard InChI is InChI=1S/C11H12N4O4/c12-9(16)6-2-1-5-15(6)10(17)7-8(11(18)19)14-4-3-13-7/h3-4,6H,1-2,5H2,(H2,12,16)(H,18,19)/t6-/m1/s1. The number of nitrogens with zero attached hydrogens (tertiary/aromatic N) is 3. The Balaban J connectivity index is 2.34. The monoisotopic (exact) mass is 264 g/mol. The molecule has 0 unspecified atom stereocenters. The Kier molecular flexibility index (Phi) is 3.41. The molecule has 0 aliphatic carbocycles. The first-order valence-electron chi connectivity index (χ1n) is 5.67. The van der Waals surface area contributed by atoms with E-state index in [1.54, 1.807) is 0 Å². The van der Waals surface area contributed by atoms with E-state index < -0.39 is 29.5 Å². The van der Waals surface area contributed by atoms with Crippen molar-refractivity contribution < 1.29 is 19.5 Å². The lowest BCUT2D eigenvalue weighted by molar-refractivity contribution is -0.121. The second-order valence-electron chi connectivity index (χ2n) is 4.12. The van der Waals surface area contributed by atoms with Crippen LogP contribution in [0.2, 0.25) is 0 Å². The predicted octanol–water partition coefficient (Wildman–Crippen LogP) is -0.735. The van der Waals surface area contributed by atoms with Gasteiger partial charge in [0.05, 0.1) is 0 Å². The van der Waals surface area contributed by atoms with Gasteiger partial charge in [-0.05, 0) is 12.8 Å². The van der Waals surface area contributed by atoms with Crippen molar-refractivity contribution in [1.29, 1.82) is 0 Å². The number of primary amides is 1. The maximum absolute atomic E-state index is 12.2. The summed E-state index contributed by atoms with van der Waals surface area (Å²) in [5, 5.41) is 8.97. The number of hydrogen-bond donors (Lipinski definition) is 2. The number of rotatable bonds is 3. The Morgan fingerprint density at radius 2 is 1.89 bits per heavy atom. The van der Waals surface area contributed by atoms with Crippen molar-refractivity contribution in [3.63, 3.8) is 0 Å². The van der Waals surface area contributed by atoms with Crippen molar-refractivity contribution in [2.45, 2.75) is 18.9 Å². The van der Waals surface area contributed by atoms with Gasteiger partial charge < -0.3 is 15.7 Å². The Labute approximate surface area is 108 Å². The van der Waals surface area contributed by atoms with E-state index in [-0.39, 0.29) is 5.69 Å². The van der Waals surface area contributed by atoms with Gasteiger partial charge in [0.15, 0.2) is 11.4 Å². The van der Waals surface area contributed by atoms with Crippen LogP contribution in [0.3, 0.4) is 0 Å². The highest BCUT2D eigenvalue weighted by atomic mass is 16.4. The molecule has 0 radical (unpaired) electrons. The van der Waals surface area contributed by atoms with Crippen LogP contribution in [0.5, 0.6) is 0 Å². The van der Waals surface area contributed by atoms with Gasteiger partial charge in [0.1, 0.15) is 6.04 Å². The first-order valence-corrected chi connectivity index (χ1v) is 5.67. The molecular formula is C11H12N4O4. The third-order valence-electron chi connectivity index (χ3n) is 2.95. The zero-order valence-corrected chi connectivity index (χ0v) is 9.94. The van der Waals surface area contributed by atoms with Crippen LogP contribution >= 0.6 is 0 Å². The van der Waals surface area contributed by atoms with Crippen molar-refractivity contribution in [3.05, 3.63) is 23.8 Å². The largest absolute Gasteiger partial charge is 0.476 e. The zero-order valence-electron chi connectivity index (χ0n) is 9.94. The van der Waals surface area contributed by atoms with Gasteiger partial charge in [0.25, 0.3) is 5.91 Å². The summed E-state index contributed by atoms with van der Waals surface area (Å²) in [6, 6.07) is -0.712. The van der Waals surface area contributed by atoms with Gasteiger partial charge in [-0.25, -0.2) is 14.8 Å². The van der Waals surface area contributed by atoms with E-state index in [2.05, 4.69) is 9.97 Å². The predicted molar refractivity (Wildman–Crippen MR) is 62.2 cm³/mol. The Morgan fingerprint density at radius 1 is 1.26 bits per heavy atom. The normalized spacial score (nSPS) is 18.3. The maximum atomic E-state index is 12.2. The maximum Gasteiger partial charge on any atom is 0.356 e. The molecule has 1 aromatic rings. The third-order valence-corrected chi connectivity index (χ3v) is 2.95. The van der Waals surface area contributed by atoms with Gasteiger partial charge in [-0.1, -0.05) is 0 Å². The summed E-state index contributed by atoms with van der Waals surface area (Å²) >= 11 is 0. The summed E-state index contributed by atoms with van der Waals surface area (Å²) in [5.74, 6) is -2.58. The first-order chi connectivity index (χ1) is 9.02. The van der Waals surface area contributed by atoms with Gasteiger partial charge in [-0.3, -0.25) is 9.59 Å². The summed E-state index contributed by atoms with van der Waals surface area (Å²) in [5.41, 5.74) is 4.51. The summed E-state index contributed by atoms with van der Waals surface area (Å²) in [6.07, 6.45) is 3.54. The zero-order chi connectivity index (χ0) is 14.0. The Bertz CT molecular complexity index is 545. The number of aromatic nitrogens is 2. The molecule has 1 saturated heterocycles. The van der Waals surface area contributed by atoms with Crippen LogP contribution in [0.1, 0.15) is 33.8 Å². The van der Waals surface area contributed by atoms with E-state index in [1.807, 2.05) is 0 Å². The van der Waals surface area contributed by atoms with Gasteiger partial charge in [-0.15, -0.1) is 0 Å². The Morgan fingerprint density at radius 3 is 2.47 bits per heavy atom. The molecule has 100 valence electrons. The molecule has 0 saturated carbocycles. The molecule has 1 aromatic heterocycles. The first kappa shape index (κ1) is 12.9. The van der Waals surface area contributed by atoms with E-state index in [4.69, 9.17) is 10.8 Å². The highest BCUT2D eigenvalue weighted by molar-refractivity contribution is 6.03. The van der Waals surface area contributed by atoms with Crippen LogP contribution in [0.4, 0.5) is 0 Å². The topological polar surface area (TPSA) is 126 Å². The quantitative estimate of drug-likeness (QED) is 0.740. The average molecular weight is 264 g/mol. The number of carbonyl (C=O) groups excluding carboxylic acids is 2. The SMILES string of the molecule is NC(=O)[C@H]1CCCN1C(=O)c1nccnc1C(=O)O. The van der Waals surface area contributed by atoms with Crippen molar-refractivity contribution >= 4 is 17.8 Å². The number of likely N-dealkylation sites (tertiary alicyclic amines) is 1. The van der Waals surface area contributed by atoms with Crippen LogP contribution in [0.15, 0.2) is 12.4 Å². The molecule has 0 spiro atoms.